The van der Waals surface area contributed by atoms with Gasteiger partial charge in [-0.25, -0.2) is 0 Å². The van der Waals surface area contributed by atoms with Crippen LogP contribution >= 0.6 is 0 Å². The highest BCUT2D eigenvalue weighted by Gasteiger charge is 2.23. The zero-order valence-electron chi connectivity index (χ0n) is 37.0. The van der Waals surface area contributed by atoms with Crippen molar-refractivity contribution in [2.45, 2.75) is 12.5 Å². The molecule has 0 spiro atoms. The van der Waals surface area contributed by atoms with E-state index >= 15 is 0 Å². The number of fused-ring (bicyclic) bond motifs is 6. The molecule has 1 aliphatic rings. The van der Waals surface area contributed by atoms with Gasteiger partial charge in [-0.2, -0.15) is 10.5 Å². The number of rotatable bonds is 9. The first-order valence-corrected chi connectivity index (χ1v) is 22.9. The molecule has 1 unspecified atom stereocenters. The van der Waals surface area contributed by atoms with E-state index < -0.39 is 0 Å². The van der Waals surface area contributed by atoms with Gasteiger partial charge in [0.15, 0.2) is 0 Å². The van der Waals surface area contributed by atoms with E-state index in [1.54, 1.807) is 0 Å². The zero-order valence-corrected chi connectivity index (χ0v) is 37.0. The summed E-state index contributed by atoms with van der Waals surface area (Å²) in [7, 11) is 0. The van der Waals surface area contributed by atoms with E-state index in [9.17, 15) is 10.5 Å². The molecule has 0 fully saturated rings. The smallest absolute Gasteiger partial charge is 0.0991 e. The van der Waals surface area contributed by atoms with Gasteiger partial charge in [-0.15, -0.1) is 0 Å². The molecule has 12 rings (SSSR count). The van der Waals surface area contributed by atoms with Crippen molar-refractivity contribution in [2.75, 3.05) is 9.80 Å². The second kappa shape index (κ2) is 16.9. The number of benzene rings is 9. The summed E-state index contributed by atoms with van der Waals surface area (Å²) in [5, 5.41) is 25.4. The van der Waals surface area contributed by atoms with Crippen LogP contribution in [-0.4, -0.2) is 15.2 Å². The van der Waals surface area contributed by atoms with Crippen LogP contribution in [0.1, 0.15) is 17.5 Å². The number of aromatic nitrogens is 2. The molecule has 2 aromatic heterocycles. The summed E-state index contributed by atoms with van der Waals surface area (Å²) in [6.45, 7) is 0. The van der Waals surface area contributed by atoms with Gasteiger partial charge < -0.3 is 18.9 Å². The lowest BCUT2D eigenvalue weighted by molar-refractivity contribution is 0.831. The molecule has 0 saturated heterocycles. The Hall–Kier alpha value is -9.36. The molecule has 320 valence electrons. The number of hydrogen-bond acceptors (Lipinski definition) is 4. The molecule has 68 heavy (non-hydrogen) atoms. The van der Waals surface area contributed by atoms with Crippen molar-refractivity contribution in [1.29, 1.82) is 10.5 Å². The van der Waals surface area contributed by atoms with Gasteiger partial charge in [-0.3, -0.25) is 0 Å². The molecule has 6 nitrogen and oxygen atoms in total. The molecule has 11 aromatic rings. The minimum Gasteiger partial charge on any atom is -0.334 e. The normalized spacial score (nSPS) is 13.0. The highest BCUT2D eigenvalue weighted by molar-refractivity contribution is 6.10. The van der Waals surface area contributed by atoms with Crippen molar-refractivity contribution in [1.82, 2.24) is 9.13 Å². The molecule has 0 bridgehead atoms. The maximum atomic E-state index is 9.68. The minimum absolute atomic E-state index is 0.0258. The van der Waals surface area contributed by atoms with Crippen molar-refractivity contribution in [2.24, 2.45) is 0 Å². The highest BCUT2D eigenvalue weighted by atomic mass is 15.2. The molecule has 1 atom stereocenters. The van der Waals surface area contributed by atoms with Crippen LogP contribution in [0.2, 0.25) is 0 Å². The maximum Gasteiger partial charge on any atom is 0.0991 e. The lowest BCUT2D eigenvalue weighted by atomic mass is 10.0. The summed E-state index contributed by atoms with van der Waals surface area (Å²) >= 11 is 0. The van der Waals surface area contributed by atoms with Gasteiger partial charge in [-0.05, 0) is 145 Å². The lowest BCUT2D eigenvalue weighted by Crippen LogP contribution is -2.39. The first-order valence-electron chi connectivity index (χ1n) is 22.9. The molecule has 9 aromatic carbocycles. The Morgan fingerprint density at radius 3 is 1.46 bits per heavy atom. The molecule has 0 amide bonds. The van der Waals surface area contributed by atoms with Crippen LogP contribution in [0.15, 0.2) is 224 Å². The predicted octanol–water partition coefficient (Wildman–Crippen LogP) is 13.8. The van der Waals surface area contributed by atoms with E-state index in [0.29, 0.717) is 11.1 Å². The quantitative estimate of drug-likeness (QED) is 0.145. The average molecular weight is 871 g/mol. The molecule has 1 aliphatic carbocycles. The van der Waals surface area contributed by atoms with Crippen molar-refractivity contribution in [3.63, 3.8) is 0 Å². The van der Waals surface area contributed by atoms with Gasteiger partial charge in [-0.1, -0.05) is 109 Å². The van der Waals surface area contributed by atoms with Crippen LogP contribution < -0.4 is 20.4 Å². The fourth-order valence-electron chi connectivity index (χ4n) is 10.1. The summed E-state index contributed by atoms with van der Waals surface area (Å²) in [6.07, 6.45) is 5.60. The van der Waals surface area contributed by atoms with Crippen molar-refractivity contribution < 1.29 is 0 Å². The highest BCUT2D eigenvalue weighted by Crippen LogP contribution is 2.41. The average Bonchev–Trinajstić information content (AvgIpc) is 3.92. The number of hydrogen-bond donors (Lipinski definition) is 0. The molecule has 2 heterocycles. The molecular weight excluding hydrogens is 829 g/mol. The van der Waals surface area contributed by atoms with Crippen LogP contribution in [0.25, 0.3) is 67.4 Å². The number of para-hydroxylation sites is 4. The van der Waals surface area contributed by atoms with E-state index in [0.717, 1.165) is 73.8 Å². The van der Waals surface area contributed by atoms with Gasteiger partial charge in [0.1, 0.15) is 0 Å². The molecule has 6 heteroatoms. The third kappa shape index (κ3) is 6.97. The van der Waals surface area contributed by atoms with E-state index in [1.165, 1.54) is 26.9 Å². The van der Waals surface area contributed by atoms with Gasteiger partial charge in [0, 0.05) is 66.5 Å². The Morgan fingerprint density at radius 2 is 0.868 bits per heavy atom. The monoisotopic (exact) mass is 870 g/mol. The van der Waals surface area contributed by atoms with Crippen LogP contribution in [-0.2, 0) is 0 Å². The fourth-order valence-corrected chi connectivity index (χ4v) is 10.1. The third-order valence-corrected chi connectivity index (χ3v) is 13.3. The Kier molecular flexibility index (Phi) is 9.98. The molecular formula is C62H42N6. The second-order valence-corrected chi connectivity index (χ2v) is 17.2. The van der Waals surface area contributed by atoms with Crippen LogP contribution in [0.5, 0.6) is 0 Å². The second-order valence-electron chi connectivity index (χ2n) is 17.2. The Balaban J connectivity index is 0.908. The standard InChI is InChI=1S/C62H42N6/c63-41-43-19-27-49(28-20-43)65(53-35-37-61-57(39-53)55-15-7-9-17-59(55)67(61)47-11-3-1-4-12-47)51-31-23-45(24-32-51)46-25-33-52(34-26-46)66(50-29-21-44(42-64)22-30-50)54-36-38-62-58(40-54)56-16-8-10-18-60(56)68(62)48-13-5-2-6-14-48/h1-35,37-40,54H,36H2. The zero-order chi connectivity index (χ0) is 45.6. The molecule has 0 aliphatic heterocycles. The first kappa shape index (κ1) is 40.2. The van der Waals surface area contributed by atoms with Crippen LogP contribution in [0.3, 0.4) is 0 Å². The van der Waals surface area contributed by atoms with E-state index in [2.05, 4.69) is 231 Å². The Morgan fingerprint density at radius 1 is 0.412 bits per heavy atom. The maximum absolute atomic E-state index is 9.68. The van der Waals surface area contributed by atoms with Gasteiger partial charge in [0.2, 0.25) is 0 Å². The Labute approximate surface area is 394 Å². The summed E-state index contributed by atoms with van der Waals surface area (Å²) < 4.78 is 4.70. The van der Waals surface area contributed by atoms with E-state index in [-0.39, 0.29) is 6.04 Å². The van der Waals surface area contributed by atoms with Gasteiger partial charge in [0.25, 0.3) is 0 Å². The fraction of sp³-hybridized carbons (Fsp3) is 0.0323. The summed E-state index contributed by atoms with van der Waals surface area (Å²) in [5.41, 5.74) is 14.3. The van der Waals surface area contributed by atoms with Crippen LogP contribution in [0, 0.1) is 22.7 Å². The lowest BCUT2D eigenvalue weighted by Gasteiger charge is -2.33. The summed E-state index contributed by atoms with van der Waals surface area (Å²) in [4.78, 5) is 4.66. The van der Waals surface area contributed by atoms with Gasteiger partial charge in [0.05, 0.1) is 45.9 Å². The summed E-state index contributed by atoms with van der Waals surface area (Å²) in [5.74, 6) is 0. The molecule has 0 radical (unpaired) electrons. The van der Waals surface area contributed by atoms with Crippen molar-refractivity contribution in [3.05, 3.63) is 246 Å². The Bertz CT molecular complexity index is 3870. The largest absolute Gasteiger partial charge is 0.334 e. The van der Waals surface area contributed by atoms with E-state index in [4.69, 9.17) is 0 Å². The molecule has 0 saturated carbocycles. The third-order valence-electron chi connectivity index (χ3n) is 13.3. The SMILES string of the molecule is N#Cc1ccc(N(c2ccc(-c3ccc(N(c4ccc(C#N)cc4)C4C=c5c(n(-c6ccccc6)c6ccccc56)=CC4)cc3)cc2)c2ccc3c(c2)c2ccccc2n3-c2ccccc2)cc1. The van der Waals surface area contributed by atoms with Gasteiger partial charge >= 0.3 is 0 Å². The first-order chi connectivity index (χ1) is 33.6. The summed E-state index contributed by atoms with van der Waals surface area (Å²) in [6, 6.07) is 82.9. The topological polar surface area (TPSA) is 63.9 Å². The van der Waals surface area contributed by atoms with Crippen LogP contribution in [0.4, 0.5) is 28.4 Å². The molecule has 0 N–H and O–H groups in total. The van der Waals surface area contributed by atoms with Crippen molar-refractivity contribution >= 4 is 73.3 Å². The number of nitrogens with zero attached hydrogens (tertiary/aromatic N) is 6. The van der Waals surface area contributed by atoms with E-state index in [1.807, 2.05) is 36.4 Å². The predicted molar refractivity (Wildman–Crippen MR) is 279 cm³/mol. The van der Waals surface area contributed by atoms with Crippen molar-refractivity contribution in [3.8, 4) is 34.6 Å². The number of anilines is 5. The number of nitriles is 2. The minimum atomic E-state index is 0.0258.